The van der Waals surface area contributed by atoms with Crippen molar-refractivity contribution in [3.63, 3.8) is 0 Å². The van der Waals surface area contributed by atoms with Crippen molar-refractivity contribution in [3.05, 3.63) is 87.9 Å². The predicted octanol–water partition coefficient (Wildman–Crippen LogP) is 7.34. The van der Waals surface area contributed by atoms with E-state index in [0.29, 0.717) is 34.2 Å². The zero-order valence-electron chi connectivity index (χ0n) is 29.1. The molecule has 51 heavy (non-hydrogen) atoms. The number of hydrogen-bond donors (Lipinski definition) is 2. The first-order chi connectivity index (χ1) is 24.6. The Balaban J connectivity index is 1.32. The number of H-pyrrole nitrogens is 1. The molecule has 2 N–H and O–H groups in total. The minimum Gasteiger partial charge on any atom is -0.497 e. The number of fused-ring (bicyclic) bond motifs is 3. The number of nitrogens with zero attached hydrogens (tertiary/aromatic N) is 1. The van der Waals surface area contributed by atoms with Gasteiger partial charge in [0.2, 0.25) is 23.1 Å². The zero-order chi connectivity index (χ0) is 36.2. The van der Waals surface area contributed by atoms with Gasteiger partial charge in [0.05, 0.1) is 50.4 Å². The number of carbonyl (C=O) groups excluding carboxylic acids is 3. The number of carbonyl (C=O) groups is 3. The lowest BCUT2D eigenvalue weighted by Crippen LogP contribution is -2.56. The zero-order valence-corrected chi connectivity index (χ0v) is 29.9. The second-order valence-electron chi connectivity index (χ2n) is 13.1. The Bertz CT molecular complexity index is 2160. The largest absolute Gasteiger partial charge is 0.497 e. The first-order valence-electron chi connectivity index (χ1n) is 16.8. The number of amides is 1. The lowest BCUT2D eigenvalue weighted by Gasteiger charge is -2.35. The van der Waals surface area contributed by atoms with E-state index in [4.69, 9.17) is 39.9 Å². The molecule has 264 valence electrons. The van der Waals surface area contributed by atoms with Crippen molar-refractivity contribution in [3.8, 4) is 34.3 Å². The molecule has 3 heterocycles. The van der Waals surface area contributed by atoms with Gasteiger partial charge in [-0.2, -0.15) is 0 Å². The fraction of sp³-hybridized carbons (Fsp3) is 0.333. The summed E-state index contributed by atoms with van der Waals surface area (Å²) in [6.07, 6.45) is 0.732. The van der Waals surface area contributed by atoms with Gasteiger partial charge in [-0.25, -0.2) is 4.98 Å². The van der Waals surface area contributed by atoms with Gasteiger partial charge in [-0.1, -0.05) is 50.9 Å². The van der Waals surface area contributed by atoms with Crippen LogP contribution >= 0.6 is 11.6 Å². The maximum absolute atomic E-state index is 15.0. The number of Topliss-reactive ketones (excluding diaryl/α,β-unsaturated/α-hetero) is 2. The molecule has 7 rings (SSSR count). The van der Waals surface area contributed by atoms with Crippen molar-refractivity contribution in [1.82, 2.24) is 15.3 Å². The standard InChI is InChI=1S/C39H38ClN3O8/c1-7-19(2)33(38-41-24-10-8-9-11-25(24)42-38)43-29(44)17-23-30-27(50-34(23)21-12-14-22(47-4)15-13-21)16-20(3)39(36(30)45)37(46)31-26(48-5)18-28(49-6)32(40)35(31)51-39/h8-15,18-20,33H,7,16-17H2,1-6H3,(H,41,42)(H,43,44)/t19-,20+,33-,39-/m0/s1. The van der Waals surface area contributed by atoms with Gasteiger partial charge in [0.15, 0.2) is 5.75 Å². The highest BCUT2D eigenvalue weighted by molar-refractivity contribution is 6.36. The third-order valence-electron chi connectivity index (χ3n) is 10.2. The average molecular weight is 712 g/mol. The van der Waals surface area contributed by atoms with Gasteiger partial charge in [0, 0.05) is 29.5 Å². The third-order valence-corrected chi connectivity index (χ3v) is 10.5. The van der Waals surface area contributed by atoms with Crippen LogP contribution in [0.3, 0.4) is 0 Å². The Morgan fingerprint density at radius 3 is 2.41 bits per heavy atom. The summed E-state index contributed by atoms with van der Waals surface area (Å²) in [7, 11) is 4.42. The van der Waals surface area contributed by atoms with Gasteiger partial charge >= 0.3 is 0 Å². The molecule has 1 amide bonds. The smallest absolute Gasteiger partial charge is 0.237 e. The monoisotopic (exact) mass is 711 g/mol. The fourth-order valence-corrected chi connectivity index (χ4v) is 7.46. The highest BCUT2D eigenvalue weighted by atomic mass is 35.5. The van der Waals surface area contributed by atoms with Crippen LogP contribution in [0.4, 0.5) is 0 Å². The number of hydrogen-bond acceptors (Lipinski definition) is 9. The topological polar surface area (TPSA) is 142 Å². The number of methoxy groups -OCH3 is 3. The second-order valence-corrected chi connectivity index (χ2v) is 13.5. The van der Waals surface area contributed by atoms with Crippen molar-refractivity contribution in [2.24, 2.45) is 11.8 Å². The van der Waals surface area contributed by atoms with Crippen LogP contribution in [-0.2, 0) is 17.6 Å². The molecule has 1 aliphatic heterocycles. The van der Waals surface area contributed by atoms with Gasteiger partial charge in [0.1, 0.15) is 45.2 Å². The molecule has 0 saturated carbocycles. The number of benzene rings is 3. The van der Waals surface area contributed by atoms with E-state index in [2.05, 4.69) is 10.3 Å². The lowest BCUT2D eigenvalue weighted by molar-refractivity contribution is -0.121. The van der Waals surface area contributed by atoms with E-state index in [0.717, 1.165) is 17.5 Å². The van der Waals surface area contributed by atoms with E-state index in [1.54, 1.807) is 38.3 Å². The van der Waals surface area contributed by atoms with Crippen molar-refractivity contribution in [1.29, 1.82) is 0 Å². The molecule has 3 aromatic carbocycles. The number of nitrogens with one attached hydrogen (secondary N) is 2. The summed E-state index contributed by atoms with van der Waals surface area (Å²) in [5.74, 6) is 0.220. The molecule has 0 radical (unpaired) electrons. The van der Waals surface area contributed by atoms with Crippen LogP contribution in [0, 0.1) is 11.8 Å². The Hall–Kier alpha value is -5.29. The molecule has 11 nitrogen and oxygen atoms in total. The SMILES string of the molecule is CC[C@H](C)[C@H](NC(=O)Cc1c(-c2ccc(OC)cc2)oc2c1C(=O)[C@@]1(Oc3c(Cl)c(OC)cc(OC)c3C1=O)[C@H](C)C2)c1nc2ccccc2[nH]1. The summed E-state index contributed by atoms with van der Waals surface area (Å²) in [4.78, 5) is 51.7. The Morgan fingerprint density at radius 1 is 1.04 bits per heavy atom. The molecule has 5 aromatic rings. The molecule has 4 atom stereocenters. The third kappa shape index (κ3) is 5.42. The van der Waals surface area contributed by atoms with E-state index < -0.39 is 29.1 Å². The van der Waals surface area contributed by atoms with Crippen LogP contribution in [0.25, 0.3) is 22.4 Å². The Kier molecular flexibility index (Phi) is 8.79. The molecule has 12 heteroatoms. The van der Waals surface area contributed by atoms with E-state index >= 15 is 0 Å². The number of aromatic nitrogens is 2. The average Bonchev–Trinajstić information content (AvgIpc) is 3.82. The molecule has 0 bridgehead atoms. The van der Waals surface area contributed by atoms with Crippen LogP contribution in [0.1, 0.15) is 71.1 Å². The van der Waals surface area contributed by atoms with Crippen LogP contribution in [0.2, 0.25) is 5.02 Å². The first kappa shape index (κ1) is 34.2. The Labute approximate surface area is 299 Å². The summed E-state index contributed by atoms with van der Waals surface area (Å²) in [6, 6.07) is 15.9. The van der Waals surface area contributed by atoms with E-state index in [1.165, 1.54) is 20.3 Å². The maximum atomic E-state index is 15.0. The minimum atomic E-state index is -1.97. The van der Waals surface area contributed by atoms with E-state index in [1.807, 2.05) is 38.1 Å². The lowest BCUT2D eigenvalue weighted by atomic mass is 9.70. The number of halogens is 1. The predicted molar refractivity (Wildman–Crippen MR) is 190 cm³/mol. The van der Waals surface area contributed by atoms with Gasteiger partial charge in [-0.05, 0) is 42.3 Å². The summed E-state index contributed by atoms with van der Waals surface area (Å²) in [5, 5.41) is 3.23. The maximum Gasteiger partial charge on any atom is 0.237 e. The number of imidazole rings is 1. The quantitative estimate of drug-likeness (QED) is 0.142. The number of aromatic amines is 1. The van der Waals surface area contributed by atoms with Crippen molar-refractivity contribution >= 4 is 40.1 Å². The molecule has 0 saturated heterocycles. The van der Waals surface area contributed by atoms with Gasteiger partial charge in [-0.3, -0.25) is 14.4 Å². The molecular weight excluding hydrogens is 674 g/mol. The van der Waals surface area contributed by atoms with Gasteiger partial charge < -0.3 is 33.7 Å². The van der Waals surface area contributed by atoms with Gasteiger partial charge in [-0.15, -0.1) is 0 Å². The molecule has 1 aliphatic carbocycles. The number of para-hydroxylation sites is 2. The molecule has 2 aromatic heterocycles. The summed E-state index contributed by atoms with van der Waals surface area (Å²) < 4.78 is 29.2. The van der Waals surface area contributed by atoms with Crippen molar-refractivity contribution in [2.75, 3.05) is 21.3 Å². The summed E-state index contributed by atoms with van der Waals surface area (Å²) in [5.41, 5.74) is 0.866. The van der Waals surface area contributed by atoms with Crippen molar-refractivity contribution in [2.45, 2.75) is 51.7 Å². The van der Waals surface area contributed by atoms with E-state index in [9.17, 15) is 14.4 Å². The van der Waals surface area contributed by atoms with E-state index in [-0.39, 0.29) is 58.1 Å². The number of ketones is 2. The summed E-state index contributed by atoms with van der Waals surface area (Å²) >= 11 is 6.66. The van der Waals surface area contributed by atoms with Crippen LogP contribution in [0.15, 0.2) is 59.0 Å². The first-order valence-corrected chi connectivity index (χ1v) is 17.2. The normalized spacial score (nSPS) is 19.0. The van der Waals surface area contributed by atoms with Crippen LogP contribution in [-0.4, -0.2) is 54.4 Å². The number of furan rings is 1. The minimum absolute atomic E-state index is 0.0157. The molecule has 2 aliphatic rings. The molecule has 0 fully saturated rings. The highest BCUT2D eigenvalue weighted by Gasteiger charge is 2.63. The number of ether oxygens (including phenoxy) is 4. The van der Waals surface area contributed by atoms with Crippen LogP contribution < -0.4 is 24.3 Å². The van der Waals surface area contributed by atoms with Crippen molar-refractivity contribution < 1.29 is 37.7 Å². The molecular formula is C39H38ClN3O8. The molecule has 1 spiro atoms. The van der Waals surface area contributed by atoms with Crippen LogP contribution in [0.5, 0.6) is 23.0 Å². The summed E-state index contributed by atoms with van der Waals surface area (Å²) in [6.45, 7) is 5.85. The highest BCUT2D eigenvalue weighted by Crippen LogP contribution is 2.54. The van der Waals surface area contributed by atoms with Gasteiger partial charge in [0.25, 0.3) is 0 Å². The Morgan fingerprint density at radius 2 is 1.75 bits per heavy atom. The fourth-order valence-electron chi connectivity index (χ4n) is 7.20. The second kappa shape index (κ2) is 13.1. The molecule has 0 unspecified atom stereocenters. The number of rotatable bonds is 10.